The van der Waals surface area contributed by atoms with E-state index in [-0.39, 0.29) is 5.69 Å². The summed E-state index contributed by atoms with van der Waals surface area (Å²) in [5.41, 5.74) is 6.06. The summed E-state index contributed by atoms with van der Waals surface area (Å²) < 4.78 is 41.1. The first-order chi connectivity index (χ1) is 7.54. The van der Waals surface area contributed by atoms with Crippen molar-refractivity contribution >= 4 is 11.4 Å². The van der Waals surface area contributed by atoms with Gasteiger partial charge in [-0.25, -0.2) is 4.39 Å². The predicted molar refractivity (Wildman–Crippen MR) is 56.2 cm³/mol. The second-order valence-electron chi connectivity index (χ2n) is 3.18. The number of benzene rings is 1. The monoisotopic (exact) mass is 234 g/mol. The van der Waals surface area contributed by atoms with Crippen LogP contribution < -0.4 is 15.8 Å². The van der Waals surface area contributed by atoms with Crippen molar-refractivity contribution in [2.75, 3.05) is 17.6 Å². The predicted octanol–water partition coefficient (Wildman–Crippen LogP) is 2.83. The Bertz CT molecular complexity index is 358. The molecule has 0 aliphatic carbocycles. The first kappa shape index (κ1) is 12.5. The molecule has 1 aromatic carbocycles. The standard InChI is InChI=1S/C10H13F3N2O/c1-2-3-15-8-5-9(16-10(12)13)6(11)4-7(8)14/h4-5,10,15H,2-3,14H2,1H3. The smallest absolute Gasteiger partial charge is 0.387 e. The highest BCUT2D eigenvalue weighted by Crippen LogP contribution is 2.29. The van der Waals surface area contributed by atoms with E-state index in [0.717, 1.165) is 18.6 Å². The molecule has 0 atom stereocenters. The van der Waals surface area contributed by atoms with Gasteiger partial charge in [-0.15, -0.1) is 0 Å². The van der Waals surface area contributed by atoms with Gasteiger partial charge in [0.2, 0.25) is 0 Å². The lowest BCUT2D eigenvalue weighted by atomic mass is 10.2. The summed E-state index contributed by atoms with van der Waals surface area (Å²) in [6.45, 7) is -0.509. The van der Waals surface area contributed by atoms with E-state index in [1.807, 2.05) is 6.92 Å². The zero-order valence-electron chi connectivity index (χ0n) is 8.77. The summed E-state index contributed by atoms with van der Waals surface area (Å²) in [6.07, 6.45) is 0.835. The Balaban J connectivity index is 2.92. The summed E-state index contributed by atoms with van der Waals surface area (Å²) in [6, 6.07) is 2.09. The minimum Gasteiger partial charge on any atom is -0.432 e. The van der Waals surface area contributed by atoms with Crippen molar-refractivity contribution in [3.63, 3.8) is 0 Å². The van der Waals surface area contributed by atoms with Gasteiger partial charge in [-0.1, -0.05) is 6.92 Å². The van der Waals surface area contributed by atoms with Gasteiger partial charge in [0, 0.05) is 18.7 Å². The molecule has 0 aromatic heterocycles. The third-order valence-corrected chi connectivity index (χ3v) is 1.89. The van der Waals surface area contributed by atoms with Gasteiger partial charge >= 0.3 is 6.61 Å². The molecular weight excluding hydrogens is 221 g/mol. The van der Waals surface area contributed by atoms with Crippen LogP contribution in [0, 0.1) is 5.82 Å². The molecule has 1 rings (SSSR count). The largest absolute Gasteiger partial charge is 0.432 e. The molecule has 0 heterocycles. The Labute approximate surface area is 91.4 Å². The molecule has 0 saturated heterocycles. The van der Waals surface area contributed by atoms with Crippen molar-refractivity contribution in [3.8, 4) is 5.75 Å². The van der Waals surface area contributed by atoms with Gasteiger partial charge in [0.05, 0.1) is 11.4 Å². The molecule has 0 amide bonds. The number of halogens is 3. The van der Waals surface area contributed by atoms with Crippen LogP contribution in [0.3, 0.4) is 0 Å². The third kappa shape index (κ3) is 3.22. The zero-order valence-corrected chi connectivity index (χ0v) is 8.77. The van der Waals surface area contributed by atoms with Crippen molar-refractivity contribution < 1.29 is 17.9 Å². The second kappa shape index (κ2) is 5.48. The lowest BCUT2D eigenvalue weighted by molar-refractivity contribution is -0.0521. The third-order valence-electron chi connectivity index (χ3n) is 1.89. The maximum absolute atomic E-state index is 13.1. The molecule has 3 nitrogen and oxygen atoms in total. The lowest BCUT2D eigenvalue weighted by Crippen LogP contribution is -2.07. The highest BCUT2D eigenvalue weighted by Gasteiger charge is 2.12. The molecule has 0 bridgehead atoms. The molecule has 0 unspecified atom stereocenters. The fourth-order valence-electron chi connectivity index (χ4n) is 1.17. The highest BCUT2D eigenvalue weighted by molar-refractivity contribution is 5.68. The summed E-state index contributed by atoms with van der Waals surface area (Å²) in [5, 5.41) is 2.89. The zero-order chi connectivity index (χ0) is 12.1. The Morgan fingerprint density at radius 2 is 2.12 bits per heavy atom. The Morgan fingerprint density at radius 3 is 2.69 bits per heavy atom. The molecule has 90 valence electrons. The van der Waals surface area contributed by atoms with Crippen LogP contribution in [0.4, 0.5) is 24.5 Å². The van der Waals surface area contributed by atoms with Crippen molar-refractivity contribution in [3.05, 3.63) is 17.9 Å². The maximum atomic E-state index is 13.1. The molecule has 0 radical (unpaired) electrons. The van der Waals surface area contributed by atoms with Gasteiger partial charge in [0.1, 0.15) is 0 Å². The Kier molecular flexibility index (Phi) is 4.28. The van der Waals surface area contributed by atoms with Gasteiger partial charge in [0.25, 0.3) is 0 Å². The minimum atomic E-state index is -3.06. The molecule has 6 heteroatoms. The number of nitrogens with two attached hydrogens (primary N) is 1. The van der Waals surface area contributed by atoms with Gasteiger partial charge < -0.3 is 15.8 Å². The van der Waals surface area contributed by atoms with Crippen LogP contribution in [0.2, 0.25) is 0 Å². The van der Waals surface area contributed by atoms with Crippen LogP contribution in [0.1, 0.15) is 13.3 Å². The van der Waals surface area contributed by atoms with Crippen LogP contribution >= 0.6 is 0 Å². The van der Waals surface area contributed by atoms with E-state index in [2.05, 4.69) is 10.1 Å². The van der Waals surface area contributed by atoms with Gasteiger partial charge in [-0.3, -0.25) is 0 Å². The topological polar surface area (TPSA) is 47.3 Å². The quantitative estimate of drug-likeness (QED) is 0.770. The minimum absolute atomic E-state index is 0.160. The molecule has 0 saturated carbocycles. The average Bonchev–Trinajstić information content (AvgIpc) is 2.20. The number of ether oxygens (including phenoxy) is 1. The van der Waals surface area contributed by atoms with E-state index in [4.69, 9.17) is 5.73 Å². The molecule has 0 aliphatic rings. The number of hydrogen-bond acceptors (Lipinski definition) is 3. The van der Waals surface area contributed by atoms with E-state index < -0.39 is 18.2 Å². The number of nitrogen functional groups attached to an aromatic ring is 1. The Hall–Kier alpha value is -1.59. The first-order valence-corrected chi connectivity index (χ1v) is 4.82. The van der Waals surface area contributed by atoms with Crippen LogP contribution in [0.25, 0.3) is 0 Å². The number of alkyl halides is 2. The van der Waals surface area contributed by atoms with Crippen molar-refractivity contribution in [2.45, 2.75) is 20.0 Å². The molecule has 1 aromatic rings. The number of anilines is 2. The fraction of sp³-hybridized carbons (Fsp3) is 0.400. The van der Waals surface area contributed by atoms with Crippen LogP contribution in [0.15, 0.2) is 12.1 Å². The molecule has 0 spiro atoms. The maximum Gasteiger partial charge on any atom is 0.387 e. The van der Waals surface area contributed by atoms with Gasteiger partial charge in [0.15, 0.2) is 11.6 Å². The van der Waals surface area contributed by atoms with Crippen molar-refractivity contribution in [2.24, 2.45) is 0 Å². The van der Waals surface area contributed by atoms with E-state index in [0.29, 0.717) is 12.2 Å². The molecule has 0 fully saturated rings. The van der Waals surface area contributed by atoms with E-state index in [1.165, 1.54) is 0 Å². The van der Waals surface area contributed by atoms with Crippen molar-refractivity contribution in [1.29, 1.82) is 0 Å². The van der Waals surface area contributed by atoms with Gasteiger partial charge in [-0.2, -0.15) is 8.78 Å². The van der Waals surface area contributed by atoms with Gasteiger partial charge in [-0.05, 0) is 6.42 Å². The number of nitrogens with one attached hydrogen (secondary N) is 1. The lowest BCUT2D eigenvalue weighted by Gasteiger charge is -2.12. The summed E-state index contributed by atoms with van der Waals surface area (Å²) in [7, 11) is 0. The van der Waals surface area contributed by atoms with E-state index in [1.54, 1.807) is 0 Å². The molecule has 16 heavy (non-hydrogen) atoms. The summed E-state index contributed by atoms with van der Waals surface area (Å²) >= 11 is 0. The molecule has 3 N–H and O–H groups in total. The van der Waals surface area contributed by atoms with Crippen molar-refractivity contribution in [1.82, 2.24) is 0 Å². The first-order valence-electron chi connectivity index (χ1n) is 4.82. The number of rotatable bonds is 5. The molecular formula is C10H13F3N2O. The summed E-state index contributed by atoms with van der Waals surface area (Å²) in [4.78, 5) is 0. The Morgan fingerprint density at radius 1 is 1.44 bits per heavy atom. The van der Waals surface area contributed by atoms with E-state index in [9.17, 15) is 13.2 Å². The van der Waals surface area contributed by atoms with E-state index >= 15 is 0 Å². The van der Waals surface area contributed by atoms with Crippen LogP contribution in [0.5, 0.6) is 5.75 Å². The second-order valence-corrected chi connectivity index (χ2v) is 3.18. The fourth-order valence-corrected chi connectivity index (χ4v) is 1.17. The SMILES string of the molecule is CCCNc1cc(OC(F)F)c(F)cc1N. The molecule has 0 aliphatic heterocycles. The van der Waals surface area contributed by atoms with Crippen LogP contribution in [-0.4, -0.2) is 13.2 Å². The number of hydrogen-bond donors (Lipinski definition) is 2. The normalized spacial score (nSPS) is 10.6. The highest BCUT2D eigenvalue weighted by atomic mass is 19.3. The average molecular weight is 234 g/mol. The van der Waals surface area contributed by atoms with Crippen LogP contribution in [-0.2, 0) is 0 Å². The summed E-state index contributed by atoms with van der Waals surface area (Å²) in [5.74, 6) is -1.41.